The number of aryl methyl sites for hydroxylation is 1. The molecule has 1 nitrogen and oxygen atoms in total. The second-order valence-corrected chi connectivity index (χ2v) is 5.66. The maximum Gasteiger partial charge on any atom is 0.0302 e. The second kappa shape index (κ2) is 7.02. The van der Waals surface area contributed by atoms with Crippen molar-refractivity contribution in [3.05, 3.63) is 21.9 Å². The highest BCUT2D eigenvalue weighted by atomic mass is 32.1. The molecule has 1 rings (SSSR count). The second-order valence-electron chi connectivity index (χ2n) is 4.29. The number of hydrogen-bond donors (Lipinski definition) is 1. The Hall–Kier alpha value is -0.340. The van der Waals surface area contributed by atoms with Gasteiger partial charge in [-0.2, -0.15) is 0 Å². The third kappa shape index (κ3) is 5.33. The molecule has 2 heteroatoms. The Balaban J connectivity index is 2.13. The van der Waals surface area contributed by atoms with Crippen LogP contribution in [0.2, 0.25) is 0 Å². The van der Waals surface area contributed by atoms with E-state index in [1.165, 1.54) is 35.4 Å². The van der Waals surface area contributed by atoms with Gasteiger partial charge in [0.05, 0.1) is 0 Å². The average Bonchev–Trinajstić information content (AvgIpc) is 2.62. The van der Waals surface area contributed by atoms with Crippen LogP contribution in [0.25, 0.3) is 0 Å². The van der Waals surface area contributed by atoms with E-state index in [2.05, 4.69) is 38.2 Å². The molecule has 0 saturated carbocycles. The Bertz CT molecular complexity index is 267. The SMILES string of the molecule is CCCCCC(C)NCc1ccc(C)s1. The van der Waals surface area contributed by atoms with Gasteiger partial charge in [0.2, 0.25) is 0 Å². The molecule has 1 aromatic heterocycles. The van der Waals surface area contributed by atoms with E-state index in [1.807, 2.05) is 11.3 Å². The van der Waals surface area contributed by atoms with Crippen LogP contribution in [0.5, 0.6) is 0 Å². The number of rotatable bonds is 7. The topological polar surface area (TPSA) is 12.0 Å². The average molecular weight is 225 g/mol. The van der Waals surface area contributed by atoms with Crippen molar-refractivity contribution in [3.63, 3.8) is 0 Å². The molecule has 0 aromatic carbocycles. The number of unbranched alkanes of at least 4 members (excludes halogenated alkanes) is 2. The van der Waals surface area contributed by atoms with E-state index in [0.29, 0.717) is 6.04 Å². The first kappa shape index (κ1) is 12.7. The van der Waals surface area contributed by atoms with Crippen LogP contribution in [0.1, 0.15) is 49.3 Å². The Labute approximate surface area is 97.9 Å². The summed E-state index contributed by atoms with van der Waals surface area (Å²) in [4.78, 5) is 2.86. The van der Waals surface area contributed by atoms with Gasteiger partial charge in [0.15, 0.2) is 0 Å². The number of nitrogens with one attached hydrogen (secondary N) is 1. The molecule has 1 atom stereocenters. The van der Waals surface area contributed by atoms with Crippen molar-refractivity contribution >= 4 is 11.3 Å². The highest BCUT2D eigenvalue weighted by molar-refractivity contribution is 7.11. The Morgan fingerprint density at radius 2 is 2.13 bits per heavy atom. The first-order valence-corrected chi connectivity index (χ1v) is 6.82. The third-order valence-electron chi connectivity index (χ3n) is 2.66. The molecule has 0 aliphatic rings. The van der Waals surface area contributed by atoms with E-state index < -0.39 is 0 Å². The molecular formula is C13H23NS. The van der Waals surface area contributed by atoms with E-state index in [4.69, 9.17) is 0 Å². The summed E-state index contributed by atoms with van der Waals surface area (Å²) in [5.41, 5.74) is 0. The van der Waals surface area contributed by atoms with Gasteiger partial charge in [-0.25, -0.2) is 0 Å². The molecule has 15 heavy (non-hydrogen) atoms. The summed E-state index contributed by atoms with van der Waals surface area (Å²) < 4.78 is 0. The summed E-state index contributed by atoms with van der Waals surface area (Å²) in [5, 5.41) is 3.58. The monoisotopic (exact) mass is 225 g/mol. The van der Waals surface area contributed by atoms with Gasteiger partial charge in [0.1, 0.15) is 0 Å². The van der Waals surface area contributed by atoms with Crippen LogP contribution in [0.3, 0.4) is 0 Å². The minimum absolute atomic E-state index is 0.652. The maximum absolute atomic E-state index is 3.58. The molecule has 1 aromatic rings. The van der Waals surface area contributed by atoms with Gasteiger partial charge < -0.3 is 5.32 Å². The van der Waals surface area contributed by atoms with Gasteiger partial charge in [-0.05, 0) is 32.4 Å². The van der Waals surface area contributed by atoms with Crippen molar-refractivity contribution in [1.29, 1.82) is 0 Å². The van der Waals surface area contributed by atoms with Crippen molar-refractivity contribution in [2.75, 3.05) is 0 Å². The zero-order chi connectivity index (χ0) is 11.1. The number of hydrogen-bond acceptors (Lipinski definition) is 2. The largest absolute Gasteiger partial charge is 0.309 e. The lowest BCUT2D eigenvalue weighted by Gasteiger charge is -2.12. The normalized spacial score (nSPS) is 13.0. The molecule has 0 amide bonds. The Morgan fingerprint density at radius 1 is 1.33 bits per heavy atom. The number of thiophene rings is 1. The van der Waals surface area contributed by atoms with Crippen molar-refractivity contribution in [3.8, 4) is 0 Å². The minimum Gasteiger partial charge on any atom is -0.309 e. The van der Waals surface area contributed by atoms with E-state index in [-0.39, 0.29) is 0 Å². The summed E-state index contributed by atoms with van der Waals surface area (Å²) in [6.07, 6.45) is 5.34. The fourth-order valence-corrected chi connectivity index (χ4v) is 2.50. The molecule has 1 N–H and O–H groups in total. The molecule has 0 aliphatic heterocycles. The smallest absolute Gasteiger partial charge is 0.0302 e. The van der Waals surface area contributed by atoms with E-state index in [1.54, 1.807) is 0 Å². The van der Waals surface area contributed by atoms with Gasteiger partial charge in [0, 0.05) is 22.3 Å². The fraction of sp³-hybridized carbons (Fsp3) is 0.692. The van der Waals surface area contributed by atoms with Gasteiger partial charge in [-0.15, -0.1) is 11.3 Å². The molecule has 0 fully saturated rings. The molecule has 0 bridgehead atoms. The third-order valence-corrected chi connectivity index (χ3v) is 3.66. The summed E-state index contributed by atoms with van der Waals surface area (Å²) in [6.45, 7) is 7.74. The van der Waals surface area contributed by atoms with Crippen molar-refractivity contribution in [2.24, 2.45) is 0 Å². The van der Waals surface area contributed by atoms with Crippen LogP contribution in [-0.2, 0) is 6.54 Å². The van der Waals surface area contributed by atoms with Gasteiger partial charge >= 0.3 is 0 Å². The van der Waals surface area contributed by atoms with E-state index in [9.17, 15) is 0 Å². The highest BCUT2D eigenvalue weighted by Gasteiger charge is 2.02. The Morgan fingerprint density at radius 3 is 2.73 bits per heavy atom. The minimum atomic E-state index is 0.652. The lowest BCUT2D eigenvalue weighted by Crippen LogP contribution is -2.24. The molecular weight excluding hydrogens is 202 g/mol. The van der Waals surface area contributed by atoms with Crippen LogP contribution in [-0.4, -0.2) is 6.04 Å². The molecule has 0 radical (unpaired) electrons. The van der Waals surface area contributed by atoms with Crippen LogP contribution in [0, 0.1) is 6.92 Å². The fourth-order valence-electron chi connectivity index (χ4n) is 1.66. The first-order valence-electron chi connectivity index (χ1n) is 6.01. The standard InChI is InChI=1S/C13H23NS/c1-4-5-6-7-11(2)14-10-13-9-8-12(3)15-13/h8-9,11,14H,4-7,10H2,1-3H3. The molecule has 1 unspecified atom stereocenters. The van der Waals surface area contributed by atoms with Gasteiger partial charge in [-0.3, -0.25) is 0 Å². The van der Waals surface area contributed by atoms with Crippen molar-refractivity contribution in [2.45, 2.75) is 59.0 Å². The van der Waals surface area contributed by atoms with E-state index >= 15 is 0 Å². The van der Waals surface area contributed by atoms with Crippen LogP contribution >= 0.6 is 11.3 Å². The van der Waals surface area contributed by atoms with Crippen molar-refractivity contribution < 1.29 is 0 Å². The first-order chi connectivity index (χ1) is 7.22. The highest BCUT2D eigenvalue weighted by Crippen LogP contribution is 2.15. The van der Waals surface area contributed by atoms with Crippen LogP contribution in [0.15, 0.2) is 12.1 Å². The summed E-state index contributed by atoms with van der Waals surface area (Å²) in [6, 6.07) is 5.08. The molecule has 0 aliphatic carbocycles. The zero-order valence-corrected chi connectivity index (χ0v) is 11.0. The lowest BCUT2D eigenvalue weighted by molar-refractivity contribution is 0.489. The molecule has 86 valence electrons. The van der Waals surface area contributed by atoms with Crippen LogP contribution in [0.4, 0.5) is 0 Å². The summed E-state index contributed by atoms with van der Waals surface area (Å²) >= 11 is 1.90. The lowest BCUT2D eigenvalue weighted by atomic mass is 10.1. The predicted molar refractivity (Wildman–Crippen MR) is 69.5 cm³/mol. The zero-order valence-electron chi connectivity index (χ0n) is 10.2. The Kier molecular flexibility index (Phi) is 5.96. The molecule has 0 saturated heterocycles. The van der Waals surface area contributed by atoms with Crippen LogP contribution < -0.4 is 5.32 Å². The summed E-state index contributed by atoms with van der Waals surface area (Å²) in [5.74, 6) is 0. The molecule has 1 heterocycles. The quantitative estimate of drug-likeness (QED) is 0.688. The molecule has 0 spiro atoms. The summed E-state index contributed by atoms with van der Waals surface area (Å²) in [7, 11) is 0. The van der Waals surface area contributed by atoms with Gasteiger partial charge in [-0.1, -0.05) is 26.2 Å². The van der Waals surface area contributed by atoms with Gasteiger partial charge in [0.25, 0.3) is 0 Å². The maximum atomic E-state index is 3.58. The van der Waals surface area contributed by atoms with E-state index in [0.717, 1.165) is 6.54 Å². The van der Waals surface area contributed by atoms with Crippen molar-refractivity contribution in [1.82, 2.24) is 5.32 Å². The predicted octanol–water partition coefficient (Wildman–Crippen LogP) is 4.11.